The fraction of sp³-hybridized carbons (Fsp3) is 1.00. The van der Waals surface area contributed by atoms with Crippen LogP contribution < -0.4 is 5.32 Å². The van der Waals surface area contributed by atoms with Gasteiger partial charge in [0.1, 0.15) is 0 Å². The second kappa shape index (κ2) is 6.44. The lowest BCUT2D eigenvalue weighted by molar-refractivity contribution is 0.217. The fourth-order valence-corrected chi connectivity index (χ4v) is 2.87. The molecule has 0 aromatic heterocycles. The number of rotatable bonds is 5. The van der Waals surface area contributed by atoms with Crippen molar-refractivity contribution in [1.29, 1.82) is 0 Å². The van der Waals surface area contributed by atoms with E-state index >= 15 is 0 Å². The molecule has 0 aromatic carbocycles. The van der Waals surface area contributed by atoms with E-state index in [1.807, 2.05) is 0 Å². The Balaban J connectivity index is 0.00000196. The van der Waals surface area contributed by atoms with Gasteiger partial charge in [0.15, 0.2) is 0 Å². The molecule has 0 amide bonds. The van der Waals surface area contributed by atoms with Crippen LogP contribution in [-0.4, -0.2) is 12.6 Å². The van der Waals surface area contributed by atoms with Crippen molar-refractivity contribution in [1.82, 2.24) is 5.32 Å². The Bertz CT molecular complexity index is 139. The molecule has 1 aliphatic heterocycles. The predicted molar refractivity (Wildman–Crippen MR) is 65.6 cm³/mol. The van der Waals surface area contributed by atoms with E-state index in [-0.39, 0.29) is 1.43 Å². The van der Waals surface area contributed by atoms with Gasteiger partial charge in [-0.05, 0) is 31.2 Å². The third-order valence-corrected chi connectivity index (χ3v) is 3.91. The summed E-state index contributed by atoms with van der Waals surface area (Å²) in [5.74, 6) is 1.82. The molecule has 1 heterocycles. The molecule has 0 radical (unpaired) electrons. The first-order valence-electron chi connectivity index (χ1n) is 6.53. The van der Waals surface area contributed by atoms with Gasteiger partial charge < -0.3 is 5.32 Å². The normalized spacial score (nSPS) is 27.2. The van der Waals surface area contributed by atoms with Crippen LogP contribution in [-0.2, 0) is 0 Å². The molecule has 3 atom stereocenters. The summed E-state index contributed by atoms with van der Waals surface area (Å²) in [5.41, 5.74) is 0. The lowest BCUT2D eigenvalue weighted by atomic mass is 9.80. The van der Waals surface area contributed by atoms with E-state index in [0.29, 0.717) is 0 Å². The van der Waals surface area contributed by atoms with Gasteiger partial charge in [0, 0.05) is 7.47 Å². The van der Waals surface area contributed by atoms with Crippen molar-refractivity contribution in [3.63, 3.8) is 0 Å². The van der Waals surface area contributed by atoms with Crippen molar-refractivity contribution >= 4 is 0 Å². The standard InChI is InChI=1S/C13H27N.H2/c1-4-8-12(5-2)11(3)13-9-6-7-10-14-13;/h11-14H,4-10H2,1-3H3;1H. The topological polar surface area (TPSA) is 12.0 Å². The van der Waals surface area contributed by atoms with E-state index in [0.717, 1.165) is 17.9 Å². The summed E-state index contributed by atoms with van der Waals surface area (Å²) in [6, 6.07) is 0.806. The van der Waals surface area contributed by atoms with Gasteiger partial charge in [-0.25, -0.2) is 0 Å². The maximum atomic E-state index is 3.69. The molecule has 0 bridgehead atoms. The SMILES string of the molecule is CCCC(CC)C(C)C1CCCCN1.[HH]. The second-order valence-electron chi connectivity index (χ2n) is 4.87. The van der Waals surface area contributed by atoms with Crippen LogP contribution in [0, 0.1) is 11.8 Å². The molecular formula is C13H29N. The van der Waals surface area contributed by atoms with Gasteiger partial charge in [0.05, 0.1) is 0 Å². The predicted octanol–water partition coefficient (Wildman–Crippen LogP) is 3.84. The Labute approximate surface area is 91.1 Å². The highest BCUT2D eigenvalue weighted by Crippen LogP contribution is 2.27. The maximum absolute atomic E-state index is 3.69. The largest absolute Gasteiger partial charge is 0.314 e. The van der Waals surface area contributed by atoms with Crippen LogP contribution in [0.25, 0.3) is 0 Å². The van der Waals surface area contributed by atoms with Crippen molar-refractivity contribution in [2.24, 2.45) is 11.8 Å². The summed E-state index contributed by atoms with van der Waals surface area (Å²) >= 11 is 0. The number of nitrogens with one attached hydrogen (secondary N) is 1. The number of hydrogen-bond acceptors (Lipinski definition) is 1. The van der Waals surface area contributed by atoms with Crippen LogP contribution in [0.2, 0.25) is 0 Å². The summed E-state index contributed by atoms with van der Waals surface area (Å²) in [7, 11) is 0. The lowest BCUT2D eigenvalue weighted by Crippen LogP contribution is -2.41. The Hall–Kier alpha value is -0.0400. The first kappa shape index (κ1) is 12.0. The molecule has 0 saturated carbocycles. The molecule has 3 unspecified atom stereocenters. The van der Waals surface area contributed by atoms with Crippen LogP contribution >= 0.6 is 0 Å². The quantitative estimate of drug-likeness (QED) is 0.709. The van der Waals surface area contributed by atoms with Gasteiger partial charge >= 0.3 is 0 Å². The Kier molecular flexibility index (Phi) is 5.54. The molecule has 1 N–H and O–H groups in total. The van der Waals surface area contributed by atoms with E-state index in [4.69, 9.17) is 0 Å². The van der Waals surface area contributed by atoms with Crippen molar-refractivity contribution < 1.29 is 1.43 Å². The van der Waals surface area contributed by atoms with Crippen molar-refractivity contribution in [3.05, 3.63) is 0 Å². The van der Waals surface area contributed by atoms with Gasteiger partial charge in [0.2, 0.25) is 0 Å². The summed E-state index contributed by atoms with van der Waals surface area (Å²) in [6.45, 7) is 8.35. The molecule has 1 aliphatic rings. The third-order valence-electron chi connectivity index (χ3n) is 3.91. The van der Waals surface area contributed by atoms with E-state index in [1.165, 1.54) is 45.1 Å². The van der Waals surface area contributed by atoms with E-state index in [9.17, 15) is 0 Å². The van der Waals surface area contributed by atoms with Crippen molar-refractivity contribution in [2.45, 2.75) is 65.3 Å². The molecule has 0 aliphatic carbocycles. The van der Waals surface area contributed by atoms with Gasteiger partial charge in [-0.15, -0.1) is 0 Å². The average Bonchev–Trinajstić information content (AvgIpc) is 2.26. The number of piperidine rings is 1. The zero-order chi connectivity index (χ0) is 10.4. The van der Waals surface area contributed by atoms with E-state index < -0.39 is 0 Å². The van der Waals surface area contributed by atoms with Gasteiger partial charge in [-0.2, -0.15) is 0 Å². The summed E-state index contributed by atoms with van der Waals surface area (Å²) in [6.07, 6.45) is 8.33. The van der Waals surface area contributed by atoms with Gasteiger partial charge in [-0.1, -0.05) is 46.5 Å². The van der Waals surface area contributed by atoms with Gasteiger partial charge in [0.25, 0.3) is 0 Å². The molecule has 1 heteroatoms. The average molecular weight is 199 g/mol. The minimum absolute atomic E-state index is 0. The molecule has 1 nitrogen and oxygen atoms in total. The summed E-state index contributed by atoms with van der Waals surface area (Å²) < 4.78 is 0. The maximum Gasteiger partial charge on any atom is 0.00953 e. The van der Waals surface area contributed by atoms with E-state index in [2.05, 4.69) is 26.1 Å². The Morgan fingerprint density at radius 3 is 2.64 bits per heavy atom. The van der Waals surface area contributed by atoms with Crippen LogP contribution in [0.3, 0.4) is 0 Å². The van der Waals surface area contributed by atoms with Crippen LogP contribution in [0.4, 0.5) is 0 Å². The molecule has 14 heavy (non-hydrogen) atoms. The highest BCUT2D eigenvalue weighted by Gasteiger charge is 2.24. The number of hydrogen-bond donors (Lipinski definition) is 1. The van der Waals surface area contributed by atoms with Gasteiger partial charge in [-0.3, -0.25) is 0 Å². The molecule has 1 saturated heterocycles. The zero-order valence-electron chi connectivity index (χ0n) is 10.2. The zero-order valence-corrected chi connectivity index (χ0v) is 10.2. The minimum Gasteiger partial charge on any atom is -0.314 e. The molecule has 1 rings (SSSR count). The third kappa shape index (κ3) is 3.27. The first-order valence-corrected chi connectivity index (χ1v) is 6.53. The summed E-state index contributed by atoms with van der Waals surface area (Å²) in [5, 5.41) is 3.69. The smallest absolute Gasteiger partial charge is 0.00953 e. The Morgan fingerprint density at radius 2 is 2.14 bits per heavy atom. The molecule has 1 fully saturated rings. The monoisotopic (exact) mass is 199 g/mol. The fourth-order valence-electron chi connectivity index (χ4n) is 2.87. The highest BCUT2D eigenvalue weighted by molar-refractivity contribution is 4.81. The molecule has 86 valence electrons. The van der Waals surface area contributed by atoms with Crippen LogP contribution in [0.1, 0.15) is 60.7 Å². The van der Waals surface area contributed by atoms with Crippen molar-refractivity contribution in [2.75, 3.05) is 6.54 Å². The summed E-state index contributed by atoms with van der Waals surface area (Å²) in [4.78, 5) is 0. The lowest BCUT2D eigenvalue weighted by Gasteiger charge is -2.34. The van der Waals surface area contributed by atoms with E-state index in [1.54, 1.807) is 0 Å². The Morgan fingerprint density at radius 1 is 1.36 bits per heavy atom. The first-order chi connectivity index (χ1) is 6.79. The van der Waals surface area contributed by atoms with Crippen LogP contribution in [0.5, 0.6) is 0 Å². The molecular weight excluding hydrogens is 170 g/mol. The minimum atomic E-state index is 0. The van der Waals surface area contributed by atoms with Crippen LogP contribution in [0.15, 0.2) is 0 Å². The van der Waals surface area contributed by atoms with Crippen molar-refractivity contribution in [3.8, 4) is 0 Å². The molecule has 0 aromatic rings. The highest BCUT2D eigenvalue weighted by atomic mass is 14.9. The molecule has 0 spiro atoms. The second-order valence-corrected chi connectivity index (χ2v) is 4.87.